The zero-order valence-electron chi connectivity index (χ0n) is 13.5. The predicted octanol–water partition coefficient (Wildman–Crippen LogP) is 0.0398. The van der Waals surface area contributed by atoms with Crippen molar-refractivity contribution in [2.45, 2.75) is 13.0 Å². The first kappa shape index (κ1) is 17.2. The van der Waals surface area contributed by atoms with Crippen molar-refractivity contribution >= 4 is 17.6 Å². The lowest BCUT2D eigenvalue weighted by atomic mass is 10.2. The average Bonchev–Trinajstić information content (AvgIpc) is 2.46. The minimum absolute atomic E-state index is 0.141. The van der Waals surface area contributed by atoms with E-state index in [-0.39, 0.29) is 24.6 Å². The fraction of sp³-hybridized carbons (Fsp3) is 0.533. The molecule has 2 rings (SSSR count). The molecule has 2 heterocycles. The van der Waals surface area contributed by atoms with Gasteiger partial charge in [0.05, 0.1) is 19.3 Å². The molecule has 0 bridgehead atoms. The fourth-order valence-electron chi connectivity index (χ4n) is 2.52. The SMILES string of the molecule is Cc1cc(NC(=O)N2CCOC(CN(C)CC(N)=O)C2)ccn1. The van der Waals surface area contributed by atoms with Gasteiger partial charge in [-0.05, 0) is 26.1 Å². The van der Waals surface area contributed by atoms with Gasteiger partial charge in [0, 0.05) is 37.2 Å². The summed E-state index contributed by atoms with van der Waals surface area (Å²) in [7, 11) is 1.80. The van der Waals surface area contributed by atoms with Gasteiger partial charge in [-0.3, -0.25) is 14.7 Å². The van der Waals surface area contributed by atoms with Crippen LogP contribution in [0.15, 0.2) is 18.3 Å². The quantitative estimate of drug-likeness (QED) is 0.797. The van der Waals surface area contributed by atoms with E-state index in [1.807, 2.05) is 13.0 Å². The van der Waals surface area contributed by atoms with Gasteiger partial charge in [0.2, 0.25) is 5.91 Å². The highest BCUT2D eigenvalue weighted by atomic mass is 16.5. The molecule has 3 N–H and O–H groups in total. The number of carbonyl (C=O) groups excluding carboxylic acids is 2. The molecule has 0 spiro atoms. The molecular formula is C15H23N5O3. The molecule has 0 aromatic carbocycles. The molecule has 8 nitrogen and oxygen atoms in total. The standard InChI is InChI=1S/C15H23N5O3/c1-11-7-12(3-4-17-11)18-15(22)20-5-6-23-13(9-20)8-19(2)10-14(16)21/h3-4,7,13H,5-6,8-10H2,1-2H3,(H2,16,21)(H,17,18,22). The van der Waals surface area contributed by atoms with Crippen LogP contribution in [0.4, 0.5) is 10.5 Å². The van der Waals surface area contributed by atoms with Crippen molar-refractivity contribution in [1.82, 2.24) is 14.8 Å². The van der Waals surface area contributed by atoms with Crippen LogP contribution in [0.2, 0.25) is 0 Å². The van der Waals surface area contributed by atoms with Crippen LogP contribution in [0, 0.1) is 6.92 Å². The third-order valence-electron chi connectivity index (χ3n) is 3.51. The molecule has 1 unspecified atom stereocenters. The summed E-state index contributed by atoms with van der Waals surface area (Å²) in [5.74, 6) is -0.383. The van der Waals surface area contributed by atoms with E-state index >= 15 is 0 Å². The molecule has 126 valence electrons. The second-order valence-electron chi connectivity index (χ2n) is 5.72. The van der Waals surface area contributed by atoms with Gasteiger partial charge in [-0.25, -0.2) is 4.79 Å². The van der Waals surface area contributed by atoms with Crippen LogP contribution >= 0.6 is 0 Å². The summed E-state index contributed by atoms with van der Waals surface area (Å²) in [6.45, 7) is 4.06. The van der Waals surface area contributed by atoms with Crippen molar-refractivity contribution in [1.29, 1.82) is 0 Å². The lowest BCUT2D eigenvalue weighted by molar-refractivity contribution is -0.119. The van der Waals surface area contributed by atoms with Gasteiger partial charge in [0.1, 0.15) is 0 Å². The molecule has 1 aromatic rings. The van der Waals surface area contributed by atoms with Crippen LogP contribution in [0.5, 0.6) is 0 Å². The van der Waals surface area contributed by atoms with Gasteiger partial charge in [-0.1, -0.05) is 0 Å². The minimum atomic E-state index is -0.383. The van der Waals surface area contributed by atoms with Crippen LogP contribution < -0.4 is 11.1 Å². The van der Waals surface area contributed by atoms with E-state index in [4.69, 9.17) is 10.5 Å². The number of urea groups is 1. The predicted molar refractivity (Wildman–Crippen MR) is 86.0 cm³/mol. The van der Waals surface area contributed by atoms with Crippen molar-refractivity contribution in [3.05, 3.63) is 24.0 Å². The monoisotopic (exact) mass is 321 g/mol. The number of aryl methyl sites for hydroxylation is 1. The number of nitrogens with zero attached hydrogens (tertiary/aromatic N) is 3. The Kier molecular flexibility index (Phi) is 5.89. The molecule has 0 saturated carbocycles. The zero-order valence-corrected chi connectivity index (χ0v) is 13.5. The van der Waals surface area contributed by atoms with Crippen LogP contribution in [0.3, 0.4) is 0 Å². The van der Waals surface area contributed by atoms with Crippen molar-refractivity contribution in [2.75, 3.05) is 45.2 Å². The molecule has 8 heteroatoms. The summed E-state index contributed by atoms with van der Waals surface area (Å²) in [5, 5.41) is 2.86. The molecule has 1 saturated heterocycles. The summed E-state index contributed by atoms with van der Waals surface area (Å²) in [6.07, 6.45) is 1.52. The van der Waals surface area contributed by atoms with Crippen LogP contribution in [0.1, 0.15) is 5.69 Å². The number of nitrogens with two attached hydrogens (primary N) is 1. The molecular weight excluding hydrogens is 298 g/mol. The first-order chi connectivity index (χ1) is 10.9. The lowest BCUT2D eigenvalue weighted by Gasteiger charge is -2.34. The largest absolute Gasteiger partial charge is 0.373 e. The number of anilines is 1. The number of nitrogens with one attached hydrogen (secondary N) is 1. The summed E-state index contributed by atoms with van der Waals surface area (Å²) in [5.41, 5.74) is 6.73. The van der Waals surface area contributed by atoms with E-state index < -0.39 is 0 Å². The van der Waals surface area contributed by atoms with E-state index in [2.05, 4.69) is 10.3 Å². The normalized spacial score (nSPS) is 18.0. The van der Waals surface area contributed by atoms with Crippen LogP contribution in [-0.4, -0.2) is 72.7 Å². The van der Waals surface area contributed by atoms with Crippen LogP contribution in [0.25, 0.3) is 0 Å². The number of rotatable bonds is 5. The van der Waals surface area contributed by atoms with Gasteiger partial charge < -0.3 is 20.7 Å². The number of aromatic nitrogens is 1. The number of likely N-dealkylation sites (N-methyl/N-ethyl adjacent to an activating group) is 1. The Labute approximate surface area is 135 Å². The Morgan fingerprint density at radius 1 is 1.57 bits per heavy atom. The van der Waals surface area contributed by atoms with Gasteiger partial charge in [0.25, 0.3) is 0 Å². The molecule has 23 heavy (non-hydrogen) atoms. The number of morpholine rings is 1. The minimum Gasteiger partial charge on any atom is -0.373 e. The maximum atomic E-state index is 12.3. The van der Waals surface area contributed by atoms with Gasteiger partial charge in [-0.2, -0.15) is 0 Å². The Hall–Kier alpha value is -2.19. The Morgan fingerprint density at radius 3 is 3.04 bits per heavy atom. The Balaban J connectivity index is 1.87. The maximum Gasteiger partial charge on any atom is 0.322 e. The molecule has 3 amide bonds. The smallest absolute Gasteiger partial charge is 0.322 e. The Bertz CT molecular complexity index is 566. The number of hydrogen-bond acceptors (Lipinski definition) is 5. The third kappa shape index (κ3) is 5.50. The number of primary amides is 1. The molecule has 1 atom stereocenters. The van der Waals surface area contributed by atoms with Crippen molar-refractivity contribution in [3.8, 4) is 0 Å². The topological polar surface area (TPSA) is 101 Å². The molecule has 1 aromatic heterocycles. The van der Waals surface area contributed by atoms with E-state index in [9.17, 15) is 9.59 Å². The first-order valence-electron chi connectivity index (χ1n) is 7.51. The summed E-state index contributed by atoms with van der Waals surface area (Å²) >= 11 is 0. The van der Waals surface area contributed by atoms with E-state index in [0.29, 0.717) is 26.2 Å². The molecule has 1 aliphatic rings. The van der Waals surface area contributed by atoms with Gasteiger partial charge >= 0.3 is 6.03 Å². The molecule has 0 aliphatic carbocycles. The second kappa shape index (κ2) is 7.89. The Morgan fingerprint density at radius 2 is 2.35 bits per heavy atom. The number of amides is 3. The number of carbonyl (C=O) groups is 2. The van der Waals surface area contributed by atoms with E-state index in [1.165, 1.54) is 0 Å². The maximum absolute atomic E-state index is 12.3. The summed E-state index contributed by atoms with van der Waals surface area (Å²) < 4.78 is 5.65. The molecule has 1 aliphatic heterocycles. The van der Waals surface area contributed by atoms with Crippen molar-refractivity contribution in [3.63, 3.8) is 0 Å². The van der Waals surface area contributed by atoms with Gasteiger partial charge in [-0.15, -0.1) is 0 Å². The highest BCUT2D eigenvalue weighted by Gasteiger charge is 2.25. The third-order valence-corrected chi connectivity index (χ3v) is 3.51. The summed E-state index contributed by atoms with van der Waals surface area (Å²) in [4.78, 5) is 30.9. The number of ether oxygens (including phenoxy) is 1. The summed E-state index contributed by atoms with van der Waals surface area (Å²) in [6, 6.07) is 3.40. The number of pyridine rings is 1. The molecule has 1 fully saturated rings. The lowest BCUT2D eigenvalue weighted by Crippen LogP contribution is -2.51. The highest BCUT2D eigenvalue weighted by Crippen LogP contribution is 2.11. The molecule has 0 radical (unpaired) electrons. The average molecular weight is 321 g/mol. The zero-order chi connectivity index (χ0) is 16.8. The number of hydrogen-bond donors (Lipinski definition) is 2. The van der Waals surface area contributed by atoms with E-state index in [0.717, 1.165) is 11.4 Å². The second-order valence-corrected chi connectivity index (χ2v) is 5.72. The fourth-order valence-corrected chi connectivity index (χ4v) is 2.52. The van der Waals surface area contributed by atoms with Crippen LogP contribution in [-0.2, 0) is 9.53 Å². The van der Waals surface area contributed by atoms with Crippen molar-refractivity contribution in [2.24, 2.45) is 5.73 Å². The van der Waals surface area contributed by atoms with Crippen molar-refractivity contribution < 1.29 is 14.3 Å². The first-order valence-corrected chi connectivity index (χ1v) is 7.51. The van der Waals surface area contributed by atoms with Gasteiger partial charge in [0.15, 0.2) is 0 Å². The highest BCUT2D eigenvalue weighted by molar-refractivity contribution is 5.89. The van der Waals surface area contributed by atoms with E-state index in [1.54, 1.807) is 29.1 Å².